The minimum absolute atomic E-state index is 0.206. The molecule has 2 rings (SSSR count). The Morgan fingerprint density at radius 2 is 2.25 bits per heavy atom. The van der Waals surface area contributed by atoms with Gasteiger partial charge in [0, 0.05) is 17.1 Å². The number of ketones is 1. The maximum atomic E-state index is 13.4. The summed E-state index contributed by atoms with van der Waals surface area (Å²) in [6.07, 6.45) is 1.39. The van der Waals surface area contributed by atoms with Crippen LogP contribution in [-0.4, -0.2) is 29.3 Å². The highest BCUT2D eigenvalue weighted by atomic mass is 79.9. The summed E-state index contributed by atoms with van der Waals surface area (Å²) < 4.78 is 20.3. The van der Waals surface area contributed by atoms with E-state index >= 15 is 0 Å². The summed E-state index contributed by atoms with van der Waals surface area (Å²) in [5.74, 6) is -0.884. The predicted molar refractivity (Wildman–Crippen MR) is 76.6 cm³/mol. The van der Waals surface area contributed by atoms with E-state index in [0.29, 0.717) is 17.6 Å². The van der Waals surface area contributed by atoms with Gasteiger partial charge in [0.05, 0.1) is 24.4 Å². The third kappa shape index (κ3) is 3.26. The van der Waals surface area contributed by atoms with Gasteiger partial charge in [-0.1, -0.05) is 27.5 Å². The Bertz CT molecular complexity index is 625. The molecule has 0 unspecified atom stereocenters. The molecule has 0 N–H and O–H groups in total. The largest absolute Gasteiger partial charge is 0.383 e. The SMILES string of the molecule is COCCn1ncc(Cl)c1C(=O)c1cc(F)cc(Br)c1. The van der Waals surface area contributed by atoms with Crippen LogP contribution in [0.15, 0.2) is 28.9 Å². The zero-order valence-corrected chi connectivity index (χ0v) is 12.9. The first-order valence-corrected chi connectivity index (χ1v) is 6.91. The standard InChI is InChI=1S/C13H11BrClFN2O2/c1-20-3-2-18-12(11(15)7-17-18)13(19)8-4-9(14)6-10(16)5-8/h4-7H,2-3H2,1H3. The number of rotatable bonds is 5. The molecule has 0 amide bonds. The van der Waals surface area contributed by atoms with Crippen molar-refractivity contribution in [2.75, 3.05) is 13.7 Å². The Hall–Kier alpha value is -1.24. The average Bonchev–Trinajstić information content (AvgIpc) is 2.75. The fourth-order valence-electron chi connectivity index (χ4n) is 1.76. The minimum Gasteiger partial charge on any atom is -0.383 e. The van der Waals surface area contributed by atoms with Gasteiger partial charge in [-0.05, 0) is 18.2 Å². The second kappa shape index (κ2) is 6.47. The van der Waals surface area contributed by atoms with E-state index in [1.165, 1.54) is 23.0 Å². The number of ether oxygens (including phenoxy) is 1. The summed E-state index contributed by atoms with van der Waals surface area (Å²) in [7, 11) is 1.55. The Balaban J connectivity index is 2.39. The topological polar surface area (TPSA) is 44.1 Å². The number of carbonyl (C=O) groups is 1. The van der Waals surface area contributed by atoms with Crippen LogP contribution in [0.4, 0.5) is 4.39 Å². The fraction of sp³-hybridized carbons (Fsp3) is 0.231. The molecule has 0 radical (unpaired) electrons. The maximum absolute atomic E-state index is 13.4. The molecule has 0 bridgehead atoms. The number of halogens is 3. The van der Waals surface area contributed by atoms with E-state index in [4.69, 9.17) is 16.3 Å². The zero-order valence-electron chi connectivity index (χ0n) is 10.6. The third-order valence-corrected chi connectivity index (χ3v) is 3.38. The first kappa shape index (κ1) is 15.2. The van der Waals surface area contributed by atoms with Crippen molar-refractivity contribution in [1.82, 2.24) is 9.78 Å². The van der Waals surface area contributed by atoms with E-state index in [1.54, 1.807) is 7.11 Å². The van der Waals surface area contributed by atoms with Crippen molar-refractivity contribution in [3.05, 3.63) is 51.0 Å². The van der Waals surface area contributed by atoms with Crippen LogP contribution in [0.5, 0.6) is 0 Å². The van der Waals surface area contributed by atoms with Crippen molar-refractivity contribution in [3.8, 4) is 0 Å². The Morgan fingerprint density at radius 1 is 1.50 bits per heavy atom. The first-order valence-electron chi connectivity index (χ1n) is 5.74. The lowest BCUT2D eigenvalue weighted by Gasteiger charge is -2.07. The van der Waals surface area contributed by atoms with Crippen LogP contribution >= 0.6 is 27.5 Å². The number of benzene rings is 1. The molecule has 7 heteroatoms. The molecule has 0 saturated heterocycles. The quantitative estimate of drug-likeness (QED) is 0.768. The molecule has 1 aromatic heterocycles. The number of hydrogen-bond acceptors (Lipinski definition) is 3. The summed E-state index contributed by atoms with van der Waals surface area (Å²) in [5.41, 5.74) is 0.430. The van der Waals surface area contributed by atoms with Gasteiger partial charge in [0.1, 0.15) is 11.5 Å². The summed E-state index contributed by atoms with van der Waals surface area (Å²) in [6, 6.07) is 3.98. The number of aromatic nitrogens is 2. The monoisotopic (exact) mass is 360 g/mol. The van der Waals surface area contributed by atoms with Gasteiger partial charge in [-0.25, -0.2) is 4.39 Å². The molecule has 0 aliphatic carbocycles. The lowest BCUT2D eigenvalue weighted by molar-refractivity contribution is 0.102. The fourth-order valence-corrected chi connectivity index (χ4v) is 2.45. The molecule has 0 fully saturated rings. The normalized spacial score (nSPS) is 10.8. The molecular formula is C13H11BrClFN2O2. The number of nitrogens with zero attached hydrogens (tertiary/aromatic N) is 2. The lowest BCUT2D eigenvalue weighted by Crippen LogP contribution is -2.15. The van der Waals surface area contributed by atoms with Gasteiger partial charge < -0.3 is 4.74 Å². The molecule has 20 heavy (non-hydrogen) atoms. The van der Waals surface area contributed by atoms with Gasteiger partial charge in [-0.2, -0.15) is 5.10 Å². The molecule has 2 aromatic rings. The summed E-state index contributed by atoms with van der Waals surface area (Å²) >= 11 is 9.15. The first-order chi connectivity index (χ1) is 9.52. The van der Waals surface area contributed by atoms with Crippen molar-refractivity contribution in [2.24, 2.45) is 0 Å². The highest BCUT2D eigenvalue weighted by Gasteiger charge is 2.20. The molecule has 0 spiro atoms. The lowest BCUT2D eigenvalue weighted by atomic mass is 10.1. The van der Waals surface area contributed by atoms with E-state index in [2.05, 4.69) is 21.0 Å². The molecule has 4 nitrogen and oxygen atoms in total. The third-order valence-electron chi connectivity index (χ3n) is 2.64. The van der Waals surface area contributed by atoms with Gasteiger partial charge in [0.15, 0.2) is 0 Å². The van der Waals surface area contributed by atoms with E-state index in [0.717, 1.165) is 6.07 Å². The van der Waals surface area contributed by atoms with Gasteiger partial charge in [-0.15, -0.1) is 0 Å². The predicted octanol–water partition coefficient (Wildman–Crippen LogP) is 3.32. The Labute approximate surface area is 128 Å². The summed E-state index contributed by atoms with van der Waals surface area (Å²) in [4.78, 5) is 12.4. The van der Waals surface area contributed by atoms with Crippen molar-refractivity contribution < 1.29 is 13.9 Å². The van der Waals surface area contributed by atoms with Gasteiger partial charge in [0.2, 0.25) is 5.78 Å². The Morgan fingerprint density at radius 3 is 2.90 bits per heavy atom. The molecule has 106 valence electrons. The van der Waals surface area contributed by atoms with Crippen LogP contribution in [-0.2, 0) is 11.3 Å². The zero-order chi connectivity index (χ0) is 14.7. The smallest absolute Gasteiger partial charge is 0.212 e. The molecule has 0 aliphatic heterocycles. The van der Waals surface area contributed by atoms with Crippen molar-refractivity contribution >= 4 is 33.3 Å². The molecule has 0 atom stereocenters. The Kier molecular flexibility index (Phi) is 4.91. The van der Waals surface area contributed by atoms with Crippen molar-refractivity contribution in [1.29, 1.82) is 0 Å². The highest BCUT2D eigenvalue weighted by molar-refractivity contribution is 9.10. The van der Waals surface area contributed by atoms with Crippen LogP contribution in [0, 0.1) is 5.82 Å². The van der Waals surface area contributed by atoms with Crippen LogP contribution in [0.25, 0.3) is 0 Å². The minimum atomic E-state index is -0.498. The van der Waals surface area contributed by atoms with Crippen LogP contribution < -0.4 is 0 Å². The number of carbonyl (C=O) groups excluding carboxylic acids is 1. The van der Waals surface area contributed by atoms with Gasteiger partial charge in [-0.3, -0.25) is 9.48 Å². The van der Waals surface area contributed by atoms with Crippen molar-refractivity contribution in [2.45, 2.75) is 6.54 Å². The molecule has 0 saturated carbocycles. The van der Waals surface area contributed by atoms with E-state index < -0.39 is 5.82 Å². The van der Waals surface area contributed by atoms with E-state index in [9.17, 15) is 9.18 Å². The second-order valence-corrected chi connectivity index (χ2v) is 5.37. The van der Waals surface area contributed by atoms with Gasteiger partial charge >= 0.3 is 0 Å². The van der Waals surface area contributed by atoms with E-state index in [-0.39, 0.29) is 22.1 Å². The van der Waals surface area contributed by atoms with Crippen molar-refractivity contribution in [3.63, 3.8) is 0 Å². The van der Waals surface area contributed by atoms with Crippen LogP contribution in [0.2, 0.25) is 5.02 Å². The average molecular weight is 362 g/mol. The molecule has 0 aliphatic rings. The second-order valence-electron chi connectivity index (χ2n) is 4.04. The highest BCUT2D eigenvalue weighted by Crippen LogP contribution is 2.22. The van der Waals surface area contributed by atoms with Crippen LogP contribution in [0.1, 0.15) is 16.1 Å². The van der Waals surface area contributed by atoms with E-state index in [1.807, 2.05) is 0 Å². The van der Waals surface area contributed by atoms with Crippen LogP contribution in [0.3, 0.4) is 0 Å². The summed E-state index contributed by atoms with van der Waals surface area (Å²) in [5, 5.41) is 4.25. The summed E-state index contributed by atoms with van der Waals surface area (Å²) in [6.45, 7) is 0.784. The molecular weight excluding hydrogens is 351 g/mol. The molecule has 1 aromatic carbocycles. The van der Waals surface area contributed by atoms with Gasteiger partial charge in [0.25, 0.3) is 0 Å². The molecule has 1 heterocycles. The number of methoxy groups -OCH3 is 1. The maximum Gasteiger partial charge on any atom is 0.212 e. The number of hydrogen-bond donors (Lipinski definition) is 0.